The maximum absolute atomic E-state index is 5.18. The zero-order valence-electron chi connectivity index (χ0n) is 11.1. The summed E-state index contributed by atoms with van der Waals surface area (Å²) in [7, 11) is 3.77. The van der Waals surface area contributed by atoms with E-state index in [0.29, 0.717) is 22.3 Å². The minimum atomic E-state index is 0.511. The number of anilines is 2. The van der Waals surface area contributed by atoms with E-state index < -0.39 is 0 Å². The van der Waals surface area contributed by atoms with Crippen molar-refractivity contribution in [3.8, 4) is 0 Å². The van der Waals surface area contributed by atoms with Gasteiger partial charge in [-0.25, -0.2) is 4.98 Å². The van der Waals surface area contributed by atoms with Gasteiger partial charge in [-0.2, -0.15) is 15.0 Å². The van der Waals surface area contributed by atoms with Crippen molar-refractivity contribution in [2.75, 3.05) is 30.9 Å². The lowest BCUT2D eigenvalue weighted by molar-refractivity contribution is 0.453. The summed E-state index contributed by atoms with van der Waals surface area (Å²) in [5.41, 5.74) is 0. The molecule has 0 saturated heterocycles. The van der Waals surface area contributed by atoms with Crippen LogP contribution in [0.4, 0.5) is 11.9 Å². The molecule has 1 N–H and O–H groups in total. The average molecular weight is 280 g/mol. The van der Waals surface area contributed by atoms with E-state index in [4.69, 9.17) is 4.42 Å². The highest BCUT2D eigenvalue weighted by Gasteiger charge is 2.11. The van der Waals surface area contributed by atoms with Gasteiger partial charge >= 0.3 is 0 Å². The molecule has 2 aromatic heterocycles. The molecule has 2 rings (SSSR count). The lowest BCUT2D eigenvalue weighted by atomic mass is 10.5. The smallest absolute Gasteiger partial charge is 0.263 e. The predicted molar refractivity (Wildman–Crippen MR) is 73.6 cm³/mol. The number of rotatable bonds is 6. The Balaban J connectivity index is 2.23. The lowest BCUT2D eigenvalue weighted by Crippen LogP contribution is -2.16. The summed E-state index contributed by atoms with van der Waals surface area (Å²) in [4.78, 5) is 18.9. The van der Waals surface area contributed by atoms with Crippen LogP contribution < -0.4 is 10.2 Å². The van der Waals surface area contributed by atoms with Crippen LogP contribution in [0.3, 0.4) is 0 Å². The van der Waals surface area contributed by atoms with Gasteiger partial charge in [0.15, 0.2) is 0 Å². The molecular weight excluding hydrogens is 264 g/mol. The summed E-state index contributed by atoms with van der Waals surface area (Å²) in [6, 6.07) is 0. The predicted octanol–water partition coefficient (Wildman–Crippen LogP) is 1.90. The van der Waals surface area contributed by atoms with Gasteiger partial charge in [0, 0.05) is 32.4 Å². The molecule has 102 valence electrons. The summed E-state index contributed by atoms with van der Waals surface area (Å²) in [5, 5.41) is 4.22. The average Bonchev–Trinajstić information content (AvgIpc) is 2.89. The first-order valence-electron chi connectivity index (χ1n) is 5.93. The topological polar surface area (TPSA) is 80.0 Å². The highest BCUT2D eigenvalue weighted by atomic mass is 32.2. The van der Waals surface area contributed by atoms with Crippen LogP contribution in [0.15, 0.2) is 27.3 Å². The van der Waals surface area contributed by atoms with Crippen LogP contribution in [0.1, 0.15) is 13.3 Å². The second-order valence-corrected chi connectivity index (χ2v) is 4.88. The van der Waals surface area contributed by atoms with Crippen LogP contribution in [0, 0.1) is 0 Å². The molecule has 19 heavy (non-hydrogen) atoms. The Labute approximate surface area is 115 Å². The molecule has 0 saturated carbocycles. The van der Waals surface area contributed by atoms with E-state index in [-0.39, 0.29) is 0 Å². The van der Waals surface area contributed by atoms with Crippen molar-refractivity contribution in [1.29, 1.82) is 0 Å². The van der Waals surface area contributed by atoms with Gasteiger partial charge in [-0.3, -0.25) is 0 Å². The lowest BCUT2D eigenvalue weighted by Gasteiger charge is -2.12. The molecule has 0 aliphatic heterocycles. The van der Waals surface area contributed by atoms with E-state index in [1.165, 1.54) is 18.0 Å². The number of nitrogens with zero attached hydrogens (tertiary/aromatic N) is 5. The fourth-order valence-corrected chi connectivity index (χ4v) is 1.88. The molecule has 8 heteroatoms. The summed E-state index contributed by atoms with van der Waals surface area (Å²) in [6.07, 6.45) is 4.12. The van der Waals surface area contributed by atoms with Gasteiger partial charge in [0.1, 0.15) is 6.26 Å². The number of oxazole rings is 1. The summed E-state index contributed by atoms with van der Waals surface area (Å²) in [6.45, 7) is 2.91. The zero-order chi connectivity index (χ0) is 13.7. The van der Waals surface area contributed by atoms with Crippen LogP contribution in [-0.2, 0) is 0 Å². The Hall–Kier alpha value is -1.83. The molecule has 2 aromatic rings. The first-order chi connectivity index (χ1) is 9.19. The first-order valence-corrected chi connectivity index (χ1v) is 6.75. The SMILES string of the molecule is CCCNc1nc(Sc2ncco2)nc(N(C)C)n1. The Morgan fingerprint density at radius 3 is 2.79 bits per heavy atom. The van der Waals surface area contributed by atoms with E-state index in [1.807, 2.05) is 19.0 Å². The molecular formula is C11H16N6OS. The Morgan fingerprint density at radius 1 is 1.32 bits per heavy atom. The van der Waals surface area contributed by atoms with Crippen LogP contribution >= 0.6 is 11.8 Å². The summed E-state index contributed by atoms with van der Waals surface area (Å²) >= 11 is 1.27. The number of aromatic nitrogens is 4. The zero-order valence-corrected chi connectivity index (χ0v) is 11.9. The number of nitrogens with one attached hydrogen (secondary N) is 1. The molecule has 0 amide bonds. The summed E-state index contributed by atoms with van der Waals surface area (Å²) in [5.74, 6) is 1.16. The Bertz CT molecular complexity index is 516. The number of hydrogen-bond donors (Lipinski definition) is 1. The second-order valence-electron chi connectivity index (χ2n) is 3.96. The quantitative estimate of drug-likeness (QED) is 0.859. The Kier molecular flexibility index (Phi) is 4.56. The molecule has 0 unspecified atom stereocenters. The second kappa shape index (κ2) is 6.37. The molecule has 0 aromatic carbocycles. The third-order valence-corrected chi connectivity index (χ3v) is 2.87. The molecule has 0 spiro atoms. The number of hydrogen-bond acceptors (Lipinski definition) is 8. The van der Waals surface area contributed by atoms with E-state index >= 15 is 0 Å². The van der Waals surface area contributed by atoms with Gasteiger partial charge in [0.05, 0.1) is 6.20 Å². The molecule has 0 bridgehead atoms. The fourth-order valence-electron chi connectivity index (χ4n) is 1.25. The van der Waals surface area contributed by atoms with Gasteiger partial charge < -0.3 is 14.6 Å². The summed E-state index contributed by atoms with van der Waals surface area (Å²) < 4.78 is 5.18. The van der Waals surface area contributed by atoms with Crippen molar-refractivity contribution >= 4 is 23.7 Å². The molecule has 7 nitrogen and oxygen atoms in total. The Morgan fingerprint density at radius 2 is 2.16 bits per heavy atom. The van der Waals surface area contributed by atoms with Gasteiger partial charge in [-0.15, -0.1) is 0 Å². The van der Waals surface area contributed by atoms with Crippen molar-refractivity contribution in [3.05, 3.63) is 12.5 Å². The normalized spacial score (nSPS) is 10.5. The van der Waals surface area contributed by atoms with Crippen LogP contribution in [0.25, 0.3) is 0 Å². The van der Waals surface area contributed by atoms with Crippen LogP contribution in [0.5, 0.6) is 0 Å². The van der Waals surface area contributed by atoms with Gasteiger partial charge in [0.25, 0.3) is 5.22 Å². The molecule has 0 aliphatic rings. The van der Waals surface area contributed by atoms with Gasteiger partial charge in [0.2, 0.25) is 17.1 Å². The molecule has 0 fully saturated rings. The molecule has 0 aliphatic carbocycles. The molecule has 2 heterocycles. The minimum Gasteiger partial charge on any atom is -0.440 e. The van der Waals surface area contributed by atoms with Crippen molar-refractivity contribution in [2.24, 2.45) is 0 Å². The highest BCUT2D eigenvalue weighted by molar-refractivity contribution is 7.98. The standard InChI is InChI=1S/C11H16N6OS/c1-4-5-12-8-14-9(17(2)3)16-10(15-8)19-11-13-6-7-18-11/h6-7H,4-5H2,1-3H3,(H,12,14,15,16). The molecule has 0 radical (unpaired) electrons. The van der Waals surface area contributed by atoms with Crippen molar-refractivity contribution in [3.63, 3.8) is 0 Å². The van der Waals surface area contributed by atoms with E-state index in [1.54, 1.807) is 6.20 Å². The maximum Gasteiger partial charge on any atom is 0.263 e. The van der Waals surface area contributed by atoms with E-state index in [0.717, 1.165) is 13.0 Å². The van der Waals surface area contributed by atoms with Crippen molar-refractivity contribution in [2.45, 2.75) is 23.7 Å². The van der Waals surface area contributed by atoms with Crippen LogP contribution in [-0.4, -0.2) is 40.6 Å². The van der Waals surface area contributed by atoms with Crippen molar-refractivity contribution < 1.29 is 4.42 Å². The van der Waals surface area contributed by atoms with Crippen molar-refractivity contribution in [1.82, 2.24) is 19.9 Å². The monoisotopic (exact) mass is 280 g/mol. The van der Waals surface area contributed by atoms with E-state index in [9.17, 15) is 0 Å². The maximum atomic E-state index is 5.18. The van der Waals surface area contributed by atoms with Crippen LogP contribution in [0.2, 0.25) is 0 Å². The van der Waals surface area contributed by atoms with Gasteiger partial charge in [-0.1, -0.05) is 6.92 Å². The third-order valence-electron chi connectivity index (χ3n) is 2.12. The third kappa shape index (κ3) is 3.82. The molecule has 0 atom stereocenters. The largest absolute Gasteiger partial charge is 0.440 e. The van der Waals surface area contributed by atoms with Gasteiger partial charge in [-0.05, 0) is 6.42 Å². The minimum absolute atomic E-state index is 0.511. The first kappa shape index (κ1) is 13.6. The fraction of sp³-hybridized carbons (Fsp3) is 0.455. The highest BCUT2D eigenvalue weighted by Crippen LogP contribution is 2.24. The van der Waals surface area contributed by atoms with E-state index in [2.05, 4.69) is 32.2 Å².